The summed E-state index contributed by atoms with van der Waals surface area (Å²) in [5.74, 6) is 0.637. The summed E-state index contributed by atoms with van der Waals surface area (Å²) in [6.45, 7) is 2.70. The number of methoxy groups -OCH3 is 2. The third-order valence-electron chi connectivity index (χ3n) is 6.14. The van der Waals surface area contributed by atoms with Crippen molar-refractivity contribution in [3.63, 3.8) is 0 Å². The number of amides is 2. The zero-order valence-corrected chi connectivity index (χ0v) is 20.5. The molecule has 1 heterocycles. The number of carbonyl (C=O) groups is 2. The lowest BCUT2D eigenvalue weighted by molar-refractivity contribution is -0.138. The molecule has 0 bridgehead atoms. The van der Waals surface area contributed by atoms with Gasteiger partial charge in [0.25, 0.3) is 11.8 Å². The lowest BCUT2D eigenvalue weighted by Gasteiger charge is -2.23. The second kappa shape index (κ2) is 11.1. The molecule has 0 spiro atoms. The lowest BCUT2D eigenvalue weighted by Crippen LogP contribution is -2.40. The standard InChI is InChI=1S/C28H29FN2O5/c1-4-23-28(33)31(14-13-18-9-11-25(34-2)26(15-18)35-3)17-19-16-20(10-12-24(19)36-23)30-27(32)21-7-5-6-8-22(21)29/h5-12,15-16,23H,4,13-14,17H2,1-3H3,(H,30,32). The number of hydrogen-bond acceptors (Lipinski definition) is 5. The zero-order chi connectivity index (χ0) is 25.7. The van der Waals surface area contributed by atoms with E-state index in [-0.39, 0.29) is 11.5 Å². The van der Waals surface area contributed by atoms with Gasteiger partial charge in [-0.1, -0.05) is 25.1 Å². The zero-order valence-electron chi connectivity index (χ0n) is 20.5. The number of fused-ring (bicyclic) bond motifs is 1. The molecule has 0 saturated carbocycles. The van der Waals surface area contributed by atoms with Crippen molar-refractivity contribution in [1.82, 2.24) is 4.90 Å². The first-order valence-corrected chi connectivity index (χ1v) is 11.8. The Balaban J connectivity index is 1.54. The molecular weight excluding hydrogens is 463 g/mol. The van der Waals surface area contributed by atoms with Gasteiger partial charge < -0.3 is 24.4 Å². The van der Waals surface area contributed by atoms with E-state index in [0.29, 0.717) is 48.9 Å². The number of hydrogen-bond donors (Lipinski definition) is 1. The van der Waals surface area contributed by atoms with Crippen LogP contribution in [-0.4, -0.2) is 43.6 Å². The molecule has 188 valence electrons. The molecule has 36 heavy (non-hydrogen) atoms. The van der Waals surface area contributed by atoms with E-state index in [0.717, 1.165) is 11.1 Å². The fourth-order valence-corrected chi connectivity index (χ4v) is 4.18. The Morgan fingerprint density at radius 2 is 1.86 bits per heavy atom. The van der Waals surface area contributed by atoms with Gasteiger partial charge in [0.15, 0.2) is 17.6 Å². The van der Waals surface area contributed by atoms with Crippen LogP contribution in [0.5, 0.6) is 17.2 Å². The van der Waals surface area contributed by atoms with Crippen molar-refractivity contribution in [2.75, 3.05) is 26.1 Å². The van der Waals surface area contributed by atoms with Crippen LogP contribution in [0, 0.1) is 5.82 Å². The van der Waals surface area contributed by atoms with Crippen LogP contribution in [0.25, 0.3) is 0 Å². The number of nitrogens with one attached hydrogen (secondary N) is 1. The van der Waals surface area contributed by atoms with Crippen LogP contribution < -0.4 is 19.5 Å². The lowest BCUT2D eigenvalue weighted by atomic mass is 10.1. The monoisotopic (exact) mass is 492 g/mol. The third-order valence-corrected chi connectivity index (χ3v) is 6.14. The van der Waals surface area contributed by atoms with Crippen molar-refractivity contribution in [3.05, 3.63) is 83.2 Å². The average molecular weight is 493 g/mol. The normalized spacial score (nSPS) is 14.9. The number of halogens is 1. The number of anilines is 1. The number of ether oxygens (including phenoxy) is 3. The second-order valence-electron chi connectivity index (χ2n) is 8.47. The van der Waals surface area contributed by atoms with Gasteiger partial charge in [-0.2, -0.15) is 0 Å². The van der Waals surface area contributed by atoms with E-state index in [1.165, 1.54) is 18.2 Å². The van der Waals surface area contributed by atoms with Gasteiger partial charge in [0, 0.05) is 24.3 Å². The van der Waals surface area contributed by atoms with E-state index >= 15 is 0 Å². The molecule has 0 aromatic heterocycles. The van der Waals surface area contributed by atoms with Crippen molar-refractivity contribution < 1.29 is 28.2 Å². The fourth-order valence-electron chi connectivity index (χ4n) is 4.18. The van der Waals surface area contributed by atoms with Gasteiger partial charge in [0.1, 0.15) is 11.6 Å². The van der Waals surface area contributed by atoms with Gasteiger partial charge in [0.05, 0.1) is 19.8 Å². The summed E-state index contributed by atoms with van der Waals surface area (Å²) in [5.41, 5.74) is 2.22. The fraction of sp³-hybridized carbons (Fsp3) is 0.286. The molecule has 8 heteroatoms. The molecule has 1 unspecified atom stereocenters. The first kappa shape index (κ1) is 25.0. The Hall–Kier alpha value is -4.07. The predicted octanol–water partition coefficient (Wildman–Crippen LogP) is 4.84. The Morgan fingerprint density at radius 1 is 1.08 bits per heavy atom. The summed E-state index contributed by atoms with van der Waals surface area (Å²) >= 11 is 0. The highest BCUT2D eigenvalue weighted by molar-refractivity contribution is 6.04. The van der Waals surface area contributed by atoms with Crippen molar-refractivity contribution in [3.8, 4) is 17.2 Å². The summed E-state index contributed by atoms with van der Waals surface area (Å²) in [4.78, 5) is 27.6. The van der Waals surface area contributed by atoms with Crippen LogP contribution in [0.15, 0.2) is 60.7 Å². The minimum Gasteiger partial charge on any atom is -0.493 e. The summed E-state index contributed by atoms with van der Waals surface area (Å²) in [6.07, 6.45) is 0.536. The number of rotatable bonds is 8. The number of carbonyl (C=O) groups excluding carboxylic acids is 2. The Bertz CT molecular complexity index is 1260. The topological polar surface area (TPSA) is 77.1 Å². The van der Waals surface area contributed by atoms with Gasteiger partial charge in [0.2, 0.25) is 0 Å². The van der Waals surface area contributed by atoms with Crippen LogP contribution in [0.4, 0.5) is 10.1 Å². The third kappa shape index (κ3) is 5.43. The van der Waals surface area contributed by atoms with Crippen molar-refractivity contribution in [1.29, 1.82) is 0 Å². The average Bonchev–Trinajstić information content (AvgIpc) is 3.03. The molecule has 3 aromatic rings. The van der Waals surface area contributed by atoms with Crippen LogP contribution in [0.1, 0.15) is 34.8 Å². The molecular formula is C28H29FN2O5. The first-order chi connectivity index (χ1) is 17.4. The first-order valence-electron chi connectivity index (χ1n) is 11.8. The minimum absolute atomic E-state index is 0.0403. The van der Waals surface area contributed by atoms with E-state index in [1.807, 2.05) is 25.1 Å². The molecule has 2 amide bonds. The van der Waals surface area contributed by atoms with Crippen molar-refractivity contribution >= 4 is 17.5 Å². The summed E-state index contributed by atoms with van der Waals surface area (Å²) < 4.78 is 30.7. The number of benzene rings is 3. The predicted molar refractivity (Wildman–Crippen MR) is 134 cm³/mol. The van der Waals surface area contributed by atoms with E-state index in [4.69, 9.17) is 14.2 Å². The Kier molecular flexibility index (Phi) is 7.73. The summed E-state index contributed by atoms with van der Waals surface area (Å²) in [5, 5.41) is 2.74. The van der Waals surface area contributed by atoms with E-state index in [2.05, 4.69) is 5.32 Å². The molecule has 1 aliphatic rings. The van der Waals surface area contributed by atoms with Crippen LogP contribution in [0.3, 0.4) is 0 Å². The smallest absolute Gasteiger partial charge is 0.263 e. The van der Waals surface area contributed by atoms with Crippen molar-refractivity contribution in [2.24, 2.45) is 0 Å². The van der Waals surface area contributed by atoms with E-state index < -0.39 is 17.8 Å². The molecule has 7 nitrogen and oxygen atoms in total. The second-order valence-corrected chi connectivity index (χ2v) is 8.47. The van der Waals surface area contributed by atoms with E-state index in [1.54, 1.807) is 43.4 Å². The van der Waals surface area contributed by atoms with Crippen LogP contribution >= 0.6 is 0 Å². The highest BCUT2D eigenvalue weighted by atomic mass is 19.1. The van der Waals surface area contributed by atoms with Gasteiger partial charge in [-0.15, -0.1) is 0 Å². The highest BCUT2D eigenvalue weighted by Crippen LogP contribution is 2.31. The maximum atomic E-state index is 14.0. The SMILES string of the molecule is CCC1Oc2ccc(NC(=O)c3ccccc3F)cc2CN(CCc2ccc(OC)c(OC)c2)C1=O. The summed E-state index contributed by atoms with van der Waals surface area (Å²) in [6, 6.07) is 16.7. The molecule has 0 saturated heterocycles. The van der Waals surface area contributed by atoms with Crippen molar-refractivity contribution in [2.45, 2.75) is 32.4 Å². The molecule has 0 aliphatic carbocycles. The molecule has 1 atom stereocenters. The van der Waals surface area contributed by atoms with Crippen LogP contribution in [-0.2, 0) is 17.8 Å². The molecule has 1 N–H and O–H groups in total. The largest absolute Gasteiger partial charge is 0.493 e. The molecule has 1 aliphatic heterocycles. The van der Waals surface area contributed by atoms with Gasteiger partial charge in [-0.3, -0.25) is 9.59 Å². The van der Waals surface area contributed by atoms with E-state index in [9.17, 15) is 14.0 Å². The molecule has 0 radical (unpaired) electrons. The quantitative estimate of drug-likeness (QED) is 0.487. The Morgan fingerprint density at radius 3 is 2.58 bits per heavy atom. The number of nitrogens with zero attached hydrogens (tertiary/aromatic N) is 1. The minimum atomic E-state index is -0.601. The van der Waals surface area contributed by atoms with Gasteiger partial charge >= 0.3 is 0 Å². The maximum absolute atomic E-state index is 14.0. The highest BCUT2D eigenvalue weighted by Gasteiger charge is 2.30. The molecule has 3 aromatic carbocycles. The summed E-state index contributed by atoms with van der Waals surface area (Å²) in [7, 11) is 3.17. The molecule has 4 rings (SSSR count). The Labute approximate surface area is 209 Å². The van der Waals surface area contributed by atoms with Crippen LogP contribution in [0.2, 0.25) is 0 Å². The van der Waals surface area contributed by atoms with Gasteiger partial charge in [-0.05, 0) is 60.9 Å². The van der Waals surface area contributed by atoms with Gasteiger partial charge in [-0.25, -0.2) is 4.39 Å². The molecule has 0 fully saturated rings. The maximum Gasteiger partial charge on any atom is 0.263 e.